The van der Waals surface area contributed by atoms with Crippen molar-refractivity contribution in [2.45, 2.75) is 46.6 Å². The fraction of sp³-hybridized carbons (Fsp3) is 0.588. The zero-order chi connectivity index (χ0) is 15.8. The van der Waals surface area contributed by atoms with E-state index < -0.39 is 0 Å². The quantitative estimate of drug-likeness (QED) is 0.690. The Labute approximate surface area is 128 Å². The molecule has 3 N–H and O–H groups in total. The van der Waals surface area contributed by atoms with E-state index in [1.807, 2.05) is 25.1 Å². The number of carbonyl (C=O) groups excluding carboxylic acids is 1. The monoisotopic (exact) mass is 292 g/mol. The Hall–Kier alpha value is -1.55. The third kappa shape index (κ3) is 5.76. The molecule has 0 aliphatic heterocycles. The highest BCUT2D eigenvalue weighted by Gasteiger charge is 2.12. The lowest BCUT2D eigenvalue weighted by Crippen LogP contribution is -2.27. The molecule has 0 heterocycles. The summed E-state index contributed by atoms with van der Waals surface area (Å²) >= 11 is 0. The van der Waals surface area contributed by atoms with Gasteiger partial charge in [0.15, 0.2) is 0 Å². The molecule has 1 amide bonds. The number of aliphatic hydroxyl groups is 1. The average Bonchev–Trinajstić information content (AvgIpc) is 2.44. The predicted octanol–water partition coefficient (Wildman–Crippen LogP) is 2.95. The Morgan fingerprint density at radius 2 is 1.95 bits per heavy atom. The highest BCUT2D eigenvalue weighted by Crippen LogP contribution is 2.21. The van der Waals surface area contributed by atoms with Crippen molar-refractivity contribution >= 4 is 11.6 Å². The summed E-state index contributed by atoms with van der Waals surface area (Å²) in [7, 11) is 0. The lowest BCUT2D eigenvalue weighted by atomic mass is 10.0. The maximum absolute atomic E-state index is 12.0. The summed E-state index contributed by atoms with van der Waals surface area (Å²) in [5.41, 5.74) is 2.61. The molecule has 1 atom stereocenters. The molecule has 1 aromatic rings. The average molecular weight is 292 g/mol. The first-order chi connectivity index (χ1) is 9.95. The van der Waals surface area contributed by atoms with Crippen molar-refractivity contribution in [1.29, 1.82) is 0 Å². The standard InChI is InChI=1S/C17H28N2O2/c1-12(2)8-9-13(3)19-16-7-5-6-15(14(16)4)17(21)18-10-11-20/h5-7,12-13,19-20H,8-11H2,1-4H3,(H,18,21). The van der Waals surface area contributed by atoms with Crippen LogP contribution in [0.4, 0.5) is 5.69 Å². The second kappa shape index (κ2) is 8.67. The number of hydrogen-bond acceptors (Lipinski definition) is 3. The number of carbonyl (C=O) groups is 1. The van der Waals surface area contributed by atoms with Crippen LogP contribution < -0.4 is 10.6 Å². The second-order valence-electron chi connectivity index (χ2n) is 5.97. The molecule has 1 rings (SSSR count). The van der Waals surface area contributed by atoms with Gasteiger partial charge >= 0.3 is 0 Å². The van der Waals surface area contributed by atoms with Gasteiger partial charge in [-0.25, -0.2) is 0 Å². The zero-order valence-corrected chi connectivity index (χ0v) is 13.6. The lowest BCUT2D eigenvalue weighted by molar-refractivity contribution is 0.0944. The minimum absolute atomic E-state index is 0.0467. The van der Waals surface area contributed by atoms with E-state index in [1.54, 1.807) is 0 Å². The highest BCUT2D eigenvalue weighted by molar-refractivity contribution is 5.97. The number of hydrogen-bond donors (Lipinski definition) is 3. The van der Waals surface area contributed by atoms with Crippen LogP contribution in [-0.2, 0) is 0 Å². The van der Waals surface area contributed by atoms with E-state index in [4.69, 9.17) is 5.11 Å². The van der Waals surface area contributed by atoms with Gasteiger partial charge in [-0.2, -0.15) is 0 Å². The van der Waals surface area contributed by atoms with Crippen LogP contribution in [0.5, 0.6) is 0 Å². The first-order valence-electron chi connectivity index (χ1n) is 7.71. The number of amides is 1. The van der Waals surface area contributed by atoms with Gasteiger partial charge in [-0.3, -0.25) is 4.79 Å². The zero-order valence-electron chi connectivity index (χ0n) is 13.6. The van der Waals surface area contributed by atoms with Crippen LogP contribution in [0.25, 0.3) is 0 Å². The smallest absolute Gasteiger partial charge is 0.251 e. The first kappa shape index (κ1) is 17.5. The largest absolute Gasteiger partial charge is 0.395 e. The molecule has 0 aromatic heterocycles. The van der Waals surface area contributed by atoms with Gasteiger partial charge in [0.2, 0.25) is 0 Å². The minimum Gasteiger partial charge on any atom is -0.395 e. The van der Waals surface area contributed by atoms with E-state index in [2.05, 4.69) is 31.4 Å². The van der Waals surface area contributed by atoms with Crippen LogP contribution in [0.15, 0.2) is 18.2 Å². The molecule has 118 valence electrons. The molecule has 0 spiro atoms. The number of rotatable bonds is 8. The van der Waals surface area contributed by atoms with Crippen molar-refractivity contribution in [1.82, 2.24) is 5.32 Å². The molecule has 0 radical (unpaired) electrons. The summed E-state index contributed by atoms with van der Waals surface area (Å²) in [6.45, 7) is 8.80. The summed E-state index contributed by atoms with van der Waals surface area (Å²) in [6, 6.07) is 6.08. The molecule has 1 unspecified atom stereocenters. The van der Waals surface area contributed by atoms with E-state index in [0.29, 0.717) is 17.5 Å². The molecule has 4 heteroatoms. The molecular formula is C17H28N2O2. The van der Waals surface area contributed by atoms with Gasteiger partial charge in [0.05, 0.1) is 6.61 Å². The molecule has 0 fully saturated rings. The van der Waals surface area contributed by atoms with Gasteiger partial charge in [0.25, 0.3) is 5.91 Å². The van der Waals surface area contributed by atoms with Crippen molar-refractivity contribution in [3.05, 3.63) is 29.3 Å². The Morgan fingerprint density at radius 3 is 2.57 bits per heavy atom. The number of nitrogens with one attached hydrogen (secondary N) is 2. The second-order valence-corrected chi connectivity index (χ2v) is 5.97. The molecule has 0 bridgehead atoms. The maximum atomic E-state index is 12.0. The molecule has 0 aliphatic rings. The molecule has 0 aliphatic carbocycles. The molecule has 0 saturated heterocycles. The van der Waals surface area contributed by atoms with Crippen LogP contribution in [0, 0.1) is 12.8 Å². The molecule has 1 aromatic carbocycles. The van der Waals surface area contributed by atoms with E-state index in [0.717, 1.165) is 17.7 Å². The Balaban J connectivity index is 2.73. The molecule has 4 nitrogen and oxygen atoms in total. The van der Waals surface area contributed by atoms with Crippen LogP contribution in [0.2, 0.25) is 0 Å². The van der Waals surface area contributed by atoms with E-state index >= 15 is 0 Å². The molecule has 0 saturated carbocycles. The summed E-state index contributed by atoms with van der Waals surface area (Å²) in [5.74, 6) is 0.561. The van der Waals surface area contributed by atoms with Crippen LogP contribution >= 0.6 is 0 Å². The third-order valence-electron chi connectivity index (χ3n) is 3.55. The Kier molecular flexibility index (Phi) is 7.23. The summed E-state index contributed by atoms with van der Waals surface area (Å²) in [4.78, 5) is 12.0. The topological polar surface area (TPSA) is 61.4 Å². The van der Waals surface area contributed by atoms with Crippen LogP contribution in [0.1, 0.15) is 49.5 Å². The van der Waals surface area contributed by atoms with Gasteiger partial charge in [-0.1, -0.05) is 19.9 Å². The van der Waals surface area contributed by atoms with Crippen molar-refractivity contribution in [3.63, 3.8) is 0 Å². The van der Waals surface area contributed by atoms with Crippen molar-refractivity contribution in [3.8, 4) is 0 Å². The van der Waals surface area contributed by atoms with E-state index in [1.165, 1.54) is 6.42 Å². The lowest BCUT2D eigenvalue weighted by Gasteiger charge is -2.19. The number of benzene rings is 1. The van der Waals surface area contributed by atoms with Gasteiger partial charge in [-0.15, -0.1) is 0 Å². The summed E-state index contributed by atoms with van der Waals surface area (Å²) in [5, 5.41) is 15.0. The van der Waals surface area contributed by atoms with Gasteiger partial charge in [0, 0.05) is 23.8 Å². The fourth-order valence-corrected chi connectivity index (χ4v) is 2.22. The van der Waals surface area contributed by atoms with Gasteiger partial charge < -0.3 is 15.7 Å². The third-order valence-corrected chi connectivity index (χ3v) is 3.55. The van der Waals surface area contributed by atoms with Crippen molar-refractivity contribution in [2.24, 2.45) is 5.92 Å². The first-order valence-corrected chi connectivity index (χ1v) is 7.71. The van der Waals surface area contributed by atoms with Crippen LogP contribution in [-0.4, -0.2) is 30.2 Å². The Morgan fingerprint density at radius 1 is 1.24 bits per heavy atom. The predicted molar refractivity (Wildman–Crippen MR) is 87.8 cm³/mol. The molecular weight excluding hydrogens is 264 g/mol. The van der Waals surface area contributed by atoms with Crippen LogP contribution in [0.3, 0.4) is 0 Å². The van der Waals surface area contributed by atoms with Gasteiger partial charge in [0.1, 0.15) is 0 Å². The Bertz CT molecular complexity index is 458. The fourth-order valence-electron chi connectivity index (χ4n) is 2.22. The molecule has 21 heavy (non-hydrogen) atoms. The van der Waals surface area contributed by atoms with E-state index in [-0.39, 0.29) is 19.1 Å². The van der Waals surface area contributed by atoms with E-state index in [9.17, 15) is 4.79 Å². The maximum Gasteiger partial charge on any atom is 0.251 e. The summed E-state index contributed by atoms with van der Waals surface area (Å²) in [6.07, 6.45) is 2.29. The van der Waals surface area contributed by atoms with Gasteiger partial charge in [-0.05, 0) is 50.3 Å². The normalized spacial score (nSPS) is 12.3. The van der Waals surface area contributed by atoms with Crippen molar-refractivity contribution < 1.29 is 9.90 Å². The number of aliphatic hydroxyl groups excluding tert-OH is 1. The van der Waals surface area contributed by atoms with Crippen molar-refractivity contribution in [2.75, 3.05) is 18.5 Å². The summed E-state index contributed by atoms with van der Waals surface area (Å²) < 4.78 is 0. The number of anilines is 1. The highest BCUT2D eigenvalue weighted by atomic mass is 16.3. The minimum atomic E-state index is -0.139. The SMILES string of the molecule is Cc1c(NC(C)CCC(C)C)cccc1C(=O)NCCO.